The largest absolute Gasteiger partial charge is 0.369 e. The van der Waals surface area contributed by atoms with Crippen molar-refractivity contribution in [1.29, 1.82) is 0 Å². The van der Waals surface area contributed by atoms with Crippen LogP contribution in [0.4, 0.5) is 23.0 Å². The number of fused-ring (bicyclic) bond motifs is 1. The van der Waals surface area contributed by atoms with E-state index in [2.05, 4.69) is 57.5 Å². The summed E-state index contributed by atoms with van der Waals surface area (Å²) in [5.74, 6) is 0.357. The maximum atomic E-state index is 12.9. The lowest BCUT2D eigenvalue weighted by atomic mass is 10.1. The van der Waals surface area contributed by atoms with Gasteiger partial charge in [-0.1, -0.05) is 48.0 Å². The molecule has 0 radical (unpaired) electrons. The SMILES string of the molecule is CC(C)N1CCN(c2cccc(Nc3nccc(-c4c(-c5cccc(NC(=O)Cc6ccccc6Cl)c5)nc5sccn45)n3)c2)CC1. The number of nitrogens with one attached hydrogen (secondary N) is 2. The van der Waals surface area contributed by atoms with Crippen molar-refractivity contribution in [2.75, 3.05) is 41.7 Å². The van der Waals surface area contributed by atoms with Gasteiger partial charge in [-0.25, -0.2) is 15.0 Å². The van der Waals surface area contributed by atoms with Crippen molar-refractivity contribution in [2.45, 2.75) is 26.3 Å². The number of nitrogens with zero attached hydrogens (tertiary/aromatic N) is 6. The molecule has 0 saturated carbocycles. The van der Waals surface area contributed by atoms with E-state index >= 15 is 0 Å². The summed E-state index contributed by atoms with van der Waals surface area (Å²) in [5.41, 5.74) is 6.80. The summed E-state index contributed by atoms with van der Waals surface area (Å²) in [6.45, 7) is 8.63. The predicted octanol–water partition coefficient (Wildman–Crippen LogP) is 7.63. The van der Waals surface area contributed by atoms with E-state index in [1.807, 2.05) is 70.6 Å². The van der Waals surface area contributed by atoms with Crippen LogP contribution in [-0.2, 0) is 11.2 Å². The number of anilines is 4. The standard InChI is InChI=1S/C36H35ClN8OS/c1-24(2)43-15-17-44(18-16-43)29-11-6-10-28(23-29)40-35-38-14-13-31(41-35)34-33(42-36-45(34)19-20-47-36)26-8-5-9-27(21-26)39-32(46)22-25-7-3-4-12-30(25)37/h3-14,19-21,23-24H,15-18,22H2,1-2H3,(H,39,46)(H,38,40,41). The van der Waals surface area contributed by atoms with Gasteiger partial charge in [0.2, 0.25) is 11.9 Å². The molecule has 11 heteroatoms. The number of imidazole rings is 1. The van der Waals surface area contributed by atoms with Gasteiger partial charge < -0.3 is 15.5 Å². The Morgan fingerprint density at radius 3 is 2.57 bits per heavy atom. The van der Waals surface area contributed by atoms with E-state index in [1.165, 1.54) is 5.69 Å². The van der Waals surface area contributed by atoms with Crippen LogP contribution in [0.2, 0.25) is 5.02 Å². The fraction of sp³-hybridized carbons (Fsp3) is 0.222. The summed E-state index contributed by atoms with van der Waals surface area (Å²) in [6, 6.07) is 26.0. The first-order valence-corrected chi connectivity index (χ1v) is 17.0. The maximum absolute atomic E-state index is 12.9. The molecule has 1 fully saturated rings. The molecule has 7 rings (SSSR count). The van der Waals surface area contributed by atoms with E-state index in [0.717, 1.165) is 65.0 Å². The fourth-order valence-corrected chi connectivity index (χ4v) is 6.87. The summed E-state index contributed by atoms with van der Waals surface area (Å²) in [7, 11) is 0. The maximum Gasteiger partial charge on any atom is 0.228 e. The van der Waals surface area contributed by atoms with E-state index in [-0.39, 0.29) is 12.3 Å². The van der Waals surface area contributed by atoms with Crippen LogP contribution in [0.25, 0.3) is 27.6 Å². The molecular weight excluding hydrogens is 628 g/mol. The summed E-state index contributed by atoms with van der Waals surface area (Å²) < 4.78 is 2.05. The first kappa shape index (κ1) is 30.9. The molecule has 47 heavy (non-hydrogen) atoms. The number of aromatic nitrogens is 4. The van der Waals surface area contributed by atoms with Crippen molar-refractivity contribution in [3.8, 4) is 22.6 Å². The zero-order chi connectivity index (χ0) is 32.3. The Balaban J connectivity index is 1.13. The van der Waals surface area contributed by atoms with Crippen LogP contribution in [-0.4, -0.2) is 62.4 Å². The molecule has 6 aromatic rings. The number of rotatable bonds is 9. The normalized spacial score (nSPS) is 13.7. The predicted molar refractivity (Wildman–Crippen MR) is 192 cm³/mol. The molecule has 9 nitrogen and oxygen atoms in total. The molecule has 3 aromatic heterocycles. The highest BCUT2D eigenvalue weighted by Crippen LogP contribution is 2.35. The van der Waals surface area contributed by atoms with Crippen LogP contribution in [0.15, 0.2) is 96.6 Å². The number of carbonyl (C=O) groups is 1. The number of benzene rings is 3. The molecule has 2 N–H and O–H groups in total. The zero-order valence-electron chi connectivity index (χ0n) is 26.2. The number of hydrogen-bond donors (Lipinski definition) is 2. The third-order valence-electron chi connectivity index (χ3n) is 8.40. The minimum absolute atomic E-state index is 0.144. The smallest absolute Gasteiger partial charge is 0.228 e. The molecule has 0 unspecified atom stereocenters. The molecule has 238 valence electrons. The average molecular weight is 663 g/mol. The van der Waals surface area contributed by atoms with Crippen LogP contribution in [0, 0.1) is 0 Å². The second kappa shape index (κ2) is 13.5. The minimum atomic E-state index is -0.144. The summed E-state index contributed by atoms with van der Waals surface area (Å²) >= 11 is 7.84. The lowest BCUT2D eigenvalue weighted by molar-refractivity contribution is -0.115. The Morgan fingerprint density at radius 2 is 1.74 bits per heavy atom. The van der Waals surface area contributed by atoms with E-state index < -0.39 is 0 Å². The molecule has 0 aliphatic carbocycles. The fourth-order valence-electron chi connectivity index (χ4n) is 5.95. The third-order valence-corrected chi connectivity index (χ3v) is 9.53. The Hall–Kier alpha value is -4.77. The minimum Gasteiger partial charge on any atom is -0.369 e. The molecule has 1 aliphatic heterocycles. The van der Waals surface area contributed by atoms with Gasteiger partial charge in [-0.2, -0.15) is 0 Å². The zero-order valence-corrected chi connectivity index (χ0v) is 27.8. The monoisotopic (exact) mass is 662 g/mol. The molecule has 4 heterocycles. The summed E-state index contributed by atoms with van der Waals surface area (Å²) in [6.07, 6.45) is 3.95. The molecule has 1 aliphatic rings. The van der Waals surface area contributed by atoms with Crippen molar-refractivity contribution in [3.63, 3.8) is 0 Å². The molecule has 1 amide bonds. The molecule has 0 atom stereocenters. The quantitative estimate of drug-likeness (QED) is 0.165. The van der Waals surface area contributed by atoms with Crippen LogP contribution < -0.4 is 15.5 Å². The van der Waals surface area contributed by atoms with E-state index in [9.17, 15) is 4.79 Å². The number of thiazole rings is 1. The first-order valence-electron chi connectivity index (χ1n) is 15.7. The Labute approximate surface area is 282 Å². The van der Waals surface area contributed by atoms with Gasteiger partial charge in [0.25, 0.3) is 0 Å². The highest BCUT2D eigenvalue weighted by atomic mass is 35.5. The van der Waals surface area contributed by atoms with Crippen molar-refractivity contribution in [3.05, 3.63) is 107 Å². The Morgan fingerprint density at radius 1 is 0.936 bits per heavy atom. The number of amides is 1. The van der Waals surface area contributed by atoms with Crippen molar-refractivity contribution >= 4 is 56.8 Å². The second-order valence-electron chi connectivity index (χ2n) is 11.8. The molecule has 3 aromatic carbocycles. The molecule has 0 bridgehead atoms. The second-order valence-corrected chi connectivity index (χ2v) is 13.1. The highest BCUT2D eigenvalue weighted by molar-refractivity contribution is 7.15. The third kappa shape index (κ3) is 6.85. The first-order chi connectivity index (χ1) is 22.9. The van der Waals surface area contributed by atoms with Crippen molar-refractivity contribution in [2.24, 2.45) is 0 Å². The highest BCUT2D eigenvalue weighted by Gasteiger charge is 2.21. The van der Waals surface area contributed by atoms with E-state index in [0.29, 0.717) is 22.7 Å². The van der Waals surface area contributed by atoms with Gasteiger partial charge in [0, 0.05) is 77.6 Å². The number of halogens is 1. The lowest BCUT2D eigenvalue weighted by Gasteiger charge is -2.38. The van der Waals surface area contributed by atoms with Crippen molar-refractivity contribution in [1.82, 2.24) is 24.3 Å². The number of carbonyl (C=O) groups excluding carboxylic acids is 1. The summed E-state index contributed by atoms with van der Waals surface area (Å²) in [4.78, 5) is 33.1. The molecule has 0 spiro atoms. The number of hydrogen-bond acceptors (Lipinski definition) is 8. The van der Waals surface area contributed by atoms with Gasteiger partial charge in [0.05, 0.1) is 17.8 Å². The van der Waals surface area contributed by atoms with Gasteiger partial charge in [0.15, 0.2) is 4.96 Å². The Kier molecular flexibility index (Phi) is 8.88. The van der Waals surface area contributed by atoms with Crippen LogP contribution in [0.5, 0.6) is 0 Å². The van der Waals surface area contributed by atoms with E-state index in [4.69, 9.17) is 21.6 Å². The lowest BCUT2D eigenvalue weighted by Crippen LogP contribution is -2.48. The van der Waals surface area contributed by atoms with Gasteiger partial charge in [-0.15, -0.1) is 11.3 Å². The van der Waals surface area contributed by atoms with Gasteiger partial charge in [-0.05, 0) is 61.9 Å². The Bertz CT molecular complexity index is 2030. The molecule has 1 saturated heterocycles. The van der Waals surface area contributed by atoms with Crippen LogP contribution in [0.3, 0.4) is 0 Å². The summed E-state index contributed by atoms with van der Waals surface area (Å²) in [5, 5.41) is 9.02. The molecular formula is C36H35ClN8OS. The average Bonchev–Trinajstić information content (AvgIpc) is 3.68. The number of piperazine rings is 1. The van der Waals surface area contributed by atoms with Gasteiger partial charge in [0.1, 0.15) is 5.69 Å². The van der Waals surface area contributed by atoms with Crippen molar-refractivity contribution < 1.29 is 4.79 Å². The van der Waals surface area contributed by atoms with Crippen LogP contribution >= 0.6 is 22.9 Å². The van der Waals surface area contributed by atoms with E-state index in [1.54, 1.807) is 23.6 Å². The topological polar surface area (TPSA) is 90.7 Å². The van der Waals surface area contributed by atoms with Gasteiger partial charge in [-0.3, -0.25) is 14.1 Å². The van der Waals surface area contributed by atoms with Gasteiger partial charge >= 0.3 is 0 Å². The van der Waals surface area contributed by atoms with Crippen LogP contribution in [0.1, 0.15) is 19.4 Å².